The van der Waals surface area contributed by atoms with Gasteiger partial charge in [-0.3, -0.25) is 0 Å². The monoisotopic (exact) mass is 301 g/mol. The van der Waals surface area contributed by atoms with E-state index in [0.29, 0.717) is 6.04 Å². The molecular formula is C13H17BrClN. The van der Waals surface area contributed by atoms with Crippen molar-refractivity contribution in [1.82, 2.24) is 0 Å². The molecule has 0 aromatic heterocycles. The van der Waals surface area contributed by atoms with Crippen molar-refractivity contribution in [3.63, 3.8) is 0 Å². The summed E-state index contributed by atoms with van der Waals surface area (Å²) in [4.78, 5) is 0. The Balaban J connectivity index is 2.05. The standard InChI is InChI=1S/C13H17BrClN/c1-9-3-2-4-11(7-9)16-13-8-10(15)5-6-12(13)14/h5-6,8-9,11,16H,2-4,7H2,1H3. The van der Waals surface area contributed by atoms with Gasteiger partial charge in [-0.25, -0.2) is 0 Å². The van der Waals surface area contributed by atoms with Gasteiger partial charge in [-0.15, -0.1) is 0 Å². The third-order valence-electron chi connectivity index (χ3n) is 3.22. The van der Waals surface area contributed by atoms with Crippen LogP contribution in [-0.4, -0.2) is 6.04 Å². The van der Waals surface area contributed by atoms with Crippen LogP contribution in [0.3, 0.4) is 0 Å². The normalized spacial score (nSPS) is 25.4. The Hall–Kier alpha value is -0.210. The molecule has 1 aliphatic rings. The van der Waals surface area contributed by atoms with Crippen molar-refractivity contribution in [1.29, 1.82) is 0 Å². The lowest BCUT2D eigenvalue weighted by molar-refractivity contribution is 0.358. The lowest BCUT2D eigenvalue weighted by Crippen LogP contribution is -2.26. The van der Waals surface area contributed by atoms with Crippen LogP contribution in [0.4, 0.5) is 5.69 Å². The third kappa shape index (κ3) is 3.14. The van der Waals surface area contributed by atoms with Crippen LogP contribution in [0, 0.1) is 5.92 Å². The summed E-state index contributed by atoms with van der Waals surface area (Å²) < 4.78 is 1.09. The van der Waals surface area contributed by atoms with Crippen molar-refractivity contribution in [2.75, 3.05) is 5.32 Å². The topological polar surface area (TPSA) is 12.0 Å². The van der Waals surface area contributed by atoms with E-state index in [-0.39, 0.29) is 0 Å². The van der Waals surface area contributed by atoms with Gasteiger partial charge in [0.05, 0.1) is 5.69 Å². The highest BCUT2D eigenvalue weighted by Crippen LogP contribution is 2.30. The highest BCUT2D eigenvalue weighted by Gasteiger charge is 2.19. The number of anilines is 1. The Kier molecular flexibility index (Phi) is 4.15. The Morgan fingerprint density at radius 1 is 1.38 bits per heavy atom. The molecule has 1 N–H and O–H groups in total. The fourth-order valence-electron chi connectivity index (χ4n) is 2.39. The van der Waals surface area contributed by atoms with E-state index in [2.05, 4.69) is 28.2 Å². The molecule has 1 fully saturated rings. The van der Waals surface area contributed by atoms with Crippen LogP contribution in [0.25, 0.3) is 0 Å². The highest BCUT2D eigenvalue weighted by molar-refractivity contribution is 9.10. The van der Waals surface area contributed by atoms with Crippen LogP contribution in [0.1, 0.15) is 32.6 Å². The van der Waals surface area contributed by atoms with Gasteiger partial charge in [0.15, 0.2) is 0 Å². The minimum absolute atomic E-state index is 0.596. The largest absolute Gasteiger partial charge is 0.381 e. The number of halogens is 2. The maximum absolute atomic E-state index is 6.00. The Bertz CT molecular complexity index is 367. The smallest absolute Gasteiger partial charge is 0.0501 e. The zero-order valence-corrected chi connectivity index (χ0v) is 11.8. The first kappa shape index (κ1) is 12.3. The van der Waals surface area contributed by atoms with Crippen molar-refractivity contribution >= 4 is 33.2 Å². The molecular weight excluding hydrogens is 286 g/mol. The molecule has 0 amide bonds. The minimum Gasteiger partial charge on any atom is -0.381 e. The van der Waals surface area contributed by atoms with Crippen LogP contribution in [0.5, 0.6) is 0 Å². The van der Waals surface area contributed by atoms with E-state index in [1.165, 1.54) is 25.7 Å². The summed E-state index contributed by atoms with van der Waals surface area (Å²) in [5, 5.41) is 4.38. The van der Waals surface area contributed by atoms with Crippen LogP contribution in [0.15, 0.2) is 22.7 Å². The highest BCUT2D eigenvalue weighted by atomic mass is 79.9. The molecule has 2 unspecified atom stereocenters. The van der Waals surface area contributed by atoms with E-state index >= 15 is 0 Å². The molecule has 0 aliphatic heterocycles. The molecule has 0 radical (unpaired) electrons. The second-order valence-corrected chi connectivity index (χ2v) is 6.03. The van der Waals surface area contributed by atoms with E-state index in [4.69, 9.17) is 11.6 Å². The maximum Gasteiger partial charge on any atom is 0.0501 e. The van der Waals surface area contributed by atoms with Gasteiger partial charge in [0.2, 0.25) is 0 Å². The molecule has 3 heteroatoms. The second kappa shape index (κ2) is 5.42. The summed E-state index contributed by atoms with van der Waals surface area (Å²) in [6.07, 6.45) is 5.23. The molecule has 1 aromatic carbocycles. The van der Waals surface area contributed by atoms with E-state index in [0.717, 1.165) is 21.1 Å². The second-order valence-electron chi connectivity index (χ2n) is 4.74. The Morgan fingerprint density at radius 2 is 2.19 bits per heavy atom. The number of rotatable bonds is 2. The van der Waals surface area contributed by atoms with Gasteiger partial charge >= 0.3 is 0 Å². The third-order valence-corrected chi connectivity index (χ3v) is 4.15. The first-order valence-corrected chi connectivity index (χ1v) is 7.04. The fraction of sp³-hybridized carbons (Fsp3) is 0.538. The molecule has 1 aromatic rings. The molecule has 1 saturated carbocycles. The van der Waals surface area contributed by atoms with Gasteiger partial charge in [0.1, 0.15) is 0 Å². The van der Waals surface area contributed by atoms with Gasteiger partial charge in [0.25, 0.3) is 0 Å². The number of hydrogen-bond acceptors (Lipinski definition) is 1. The van der Waals surface area contributed by atoms with Crippen LogP contribution in [-0.2, 0) is 0 Å². The molecule has 16 heavy (non-hydrogen) atoms. The number of hydrogen-bond donors (Lipinski definition) is 1. The molecule has 2 rings (SSSR count). The zero-order chi connectivity index (χ0) is 11.5. The summed E-state index contributed by atoms with van der Waals surface area (Å²) >= 11 is 9.55. The number of benzene rings is 1. The minimum atomic E-state index is 0.596. The van der Waals surface area contributed by atoms with Crippen molar-refractivity contribution in [2.45, 2.75) is 38.6 Å². The van der Waals surface area contributed by atoms with Crippen molar-refractivity contribution in [2.24, 2.45) is 5.92 Å². The molecule has 0 bridgehead atoms. The van der Waals surface area contributed by atoms with Gasteiger partial charge in [0, 0.05) is 15.5 Å². The van der Waals surface area contributed by atoms with Crippen LogP contribution in [0.2, 0.25) is 5.02 Å². The van der Waals surface area contributed by atoms with Crippen molar-refractivity contribution in [3.8, 4) is 0 Å². The van der Waals surface area contributed by atoms with E-state index in [9.17, 15) is 0 Å². The molecule has 0 saturated heterocycles. The predicted octanol–water partition coefficient (Wildman–Crippen LogP) is 5.09. The lowest BCUT2D eigenvalue weighted by Gasteiger charge is -2.28. The van der Waals surface area contributed by atoms with E-state index < -0.39 is 0 Å². The molecule has 1 nitrogen and oxygen atoms in total. The molecule has 0 spiro atoms. The SMILES string of the molecule is CC1CCCC(Nc2cc(Cl)ccc2Br)C1. The predicted molar refractivity (Wildman–Crippen MR) is 74.2 cm³/mol. The fourth-order valence-corrected chi connectivity index (χ4v) is 2.93. The summed E-state index contributed by atoms with van der Waals surface area (Å²) in [5.41, 5.74) is 1.12. The number of nitrogens with one attached hydrogen (secondary N) is 1. The van der Waals surface area contributed by atoms with Crippen molar-refractivity contribution in [3.05, 3.63) is 27.7 Å². The van der Waals surface area contributed by atoms with Gasteiger partial charge in [-0.05, 0) is 52.9 Å². The van der Waals surface area contributed by atoms with E-state index in [1.54, 1.807) is 0 Å². The molecule has 0 heterocycles. The van der Waals surface area contributed by atoms with Crippen LogP contribution < -0.4 is 5.32 Å². The lowest BCUT2D eigenvalue weighted by atomic mass is 9.87. The average Bonchev–Trinajstić information content (AvgIpc) is 2.24. The van der Waals surface area contributed by atoms with Gasteiger partial charge in [-0.2, -0.15) is 0 Å². The van der Waals surface area contributed by atoms with Gasteiger partial charge in [-0.1, -0.05) is 31.4 Å². The van der Waals surface area contributed by atoms with Crippen LogP contribution >= 0.6 is 27.5 Å². The molecule has 1 aliphatic carbocycles. The summed E-state index contributed by atoms with van der Waals surface area (Å²) in [7, 11) is 0. The quantitative estimate of drug-likeness (QED) is 0.802. The molecule has 2 atom stereocenters. The Morgan fingerprint density at radius 3 is 2.94 bits per heavy atom. The average molecular weight is 303 g/mol. The first-order valence-electron chi connectivity index (χ1n) is 5.87. The molecule has 88 valence electrons. The Labute approximate surface area is 111 Å². The van der Waals surface area contributed by atoms with Crippen molar-refractivity contribution < 1.29 is 0 Å². The summed E-state index contributed by atoms with van der Waals surface area (Å²) in [5.74, 6) is 0.837. The zero-order valence-electron chi connectivity index (χ0n) is 9.47. The first-order chi connectivity index (χ1) is 7.65. The summed E-state index contributed by atoms with van der Waals surface area (Å²) in [6.45, 7) is 2.33. The van der Waals surface area contributed by atoms with E-state index in [1.807, 2.05) is 18.2 Å². The van der Waals surface area contributed by atoms with Gasteiger partial charge < -0.3 is 5.32 Å². The maximum atomic E-state index is 6.00. The summed E-state index contributed by atoms with van der Waals surface area (Å²) in [6, 6.07) is 6.49.